The topological polar surface area (TPSA) is 62.3 Å². The molecule has 0 spiro atoms. The Morgan fingerprint density at radius 2 is 1.76 bits per heavy atom. The normalized spacial score (nSPS) is 10.6. The fraction of sp³-hybridized carbons (Fsp3) is 0.235. The fourth-order valence-corrected chi connectivity index (χ4v) is 2.32. The Morgan fingerprint density at radius 3 is 2.38 bits per heavy atom. The number of amidine groups is 1. The Balaban J connectivity index is 2.07. The third kappa shape index (κ3) is 4.07. The van der Waals surface area contributed by atoms with Crippen molar-refractivity contribution in [3.8, 4) is 5.75 Å². The predicted octanol–water partition coefficient (Wildman–Crippen LogP) is 2.61. The van der Waals surface area contributed by atoms with Crippen molar-refractivity contribution in [3.63, 3.8) is 0 Å². The van der Waals surface area contributed by atoms with E-state index in [-0.39, 0.29) is 5.84 Å². The number of hydrogen-bond acceptors (Lipinski definition) is 3. The van der Waals surface area contributed by atoms with Crippen LogP contribution in [0.1, 0.15) is 16.7 Å². The van der Waals surface area contributed by atoms with Crippen LogP contribution in [0.2, 0.25) is 0 Å². The van der Waals surface area contributed by atoms with Crippen molar-refractivity contribution in [2.75, 3.05) is 14.2 Å². The first-order chi connectivity index (χ1) is 10.1. The van der Waals surface area contributed by atoms with Gasteiger partial charge in [-0.25, -0.2) is 0 Å². The molecule has 0 amide bonds. The van der Waals surface area contributed by atoms with E-state index in [0.29, 0.717) is 11.3 Å². The van der Waals surface area contributed by atoms with E-state index >= 15 is 0 Å². The van der Waals surface area contributed by atoms with Gasteiger partial charge in [-0.3, -0.25) is 10.3 Å². The molecule has 4 nitrogen and oxygen atoms in total. The highest BCUT2D eigenvalue weighted by Crippen LogP contribution is 2.20. The number of nitrogens with two attached hydrogens (primary N) is 1. The van der Waals surface area contributed by atoms with Crippen molar-refractivity contribution in [1.29, 1.82) is 5.41 Å². The molecule has 0 heterocycles. The maximum absolute atomic E-state index is 7.53. The quantitative estimate of drug-likeness (QED) is 0.633. The standard InChI is InChI=1S/C17H21N3O/c1-20(11-13-6-4-3-5-7-13)12-14-8-9-15(17(18)19)16(10-14)21-2/h3-10H,11-12H2,1-2H3,(H3,18,19). The van der Waals surface area contributed by atoms with Gasteiger partial charge in [-0.2, -0.15) is 0 Å². The molecule has 0 aliphatic rings. The lowest BCUT2D eigenvalue weighted by Crippen LogP contribution is -2.18. The van der Waals surface area contributed by atoms with Gasteiger partial charge in [0.1, 0.15) is 11.6 Å². The molecule has 0 atom stereocenters. The minimum absolute atomic E-state index is 0.0241. The summed E-state index contributed by atoms with van der Waals surface area (Å²) in [5, 5.41) is 7.53. The molecule has 0 aliphatic carbocycles. The number of nitrogen functional groups attached to an aromatic ring is 1. The van der Waals surface area contributed by atoms with Crippen molar-refractivity contribution >= 4 is 5.84 Å². The summed E-state index contributed by atoms with van der Waals surface area (Å²) in [6, 6.07) is 16.1. The summed E-state index contributed by atoms with van der Waals surface area (Å²) >= 11 is 0. The highest BCUT2D eigenvalue weighted by molar-refractivity contribution is 5.97. The molecule has 0 fully saturated rings. The number of ether oxygens (including phenoxy) is 1. The summed E-state index contributed by atoms with van der Waals surface area (Å²) in [6.45, 7) is 1.70. The molecule has 21 heavy (non-hydrogen) atoms. The van der Waals surface area contributed by atoms with Crippen molar-refractivity contribution in [2.24, 2.45) is 5.73 Å². The Morgan fingerprint density at radius 1 is 1.10 bits per heavy atom. The molecule has 0 aliphatic heterocycles. The highest BCUT2D eigenvalue weighted by atomic mass is 16.5. The van der Waals surface area contributed by atoms with Crippen LogP contribution in [0.4, 0.5) is 0 Å². The van der Waals surface area contributed by atoms with Crippen LogP contribution >= 0.6 is 0 Å². The molecular formula is C17H21N3O. The Hall–Kier alpha value is -2.33. The van der Waals surface area contributed by atoms with Gasteiger partial charge in [-0.15, -0.1) is 0 Å². The second-order valence-electron chi connectivity index (χ2n) is 5.11. The first-order valence-electron chi connectivity index (χ1n) is 6.84. The number of nitrogens with one attached hydrogen (secondary N) is 1. The largest absolute Gasteiger partial charge is 0.496 e. The van der Waals surface area contributed by atoms with Gasteiger partial charge < -0.3 is 10.5 Å². The average molecular weight is 283 g/mol. The number of hydrogen-bond donors (Lipinski definition) is 2. The Labute approximate surface area is 125 Å². The highest BCUT2D eigenvalue weighted by Gasteiger charge is 2.08. The van der Waals surface area contributed by atoms with Crippen molar-refractivity contribution in [3.05, 3.63) is 65.2 Å². The lowest BCUT2D eigenvalue weighted by Gasteiger charge is -2.18. The van der Waals surface area contributed by atoms with Crippen LogP contribution in [0.3, 0.4) is 0 Å². The van der Waals surface area contributed by atoms with Crippen molar-refractivity contribution in [1.82, 2.24) is 4.90 Å². The molecule has 110 valence electrons. The zero-order valence-electron chi connectivity index (χ0n) is 12.5. The van der Waals surface area contributed by atoms with Crippen LogP contribution in [-0.2, 0) is 13.1 Å². The Kier molecular flexibility index (Phi) is 4.95. The molecule has 0 saturated heterocycles. The van der Waals surface area contributed by atoms with Gasteiger partial charge in [0.2, 0.25) is 0 Å². The molecule has 2 aromatic carbocycles. The summed E-state index contributed by atoms with van der Waals surface area (Å²) in [7, 11) is 3.68. The third-order valence-electron chi connectivity index (χ3n) is 3.30. The molecule has 4 heteroatoms. The lowest BCUT2D eigenvalue weighted by molar-refractivity contribution is 0.318. The smallest absolute Gasteiger partial charge is 0.130 e. The van der Waals surface area contributed by atoms with Crippen LogP contribution in [0.25, 0.3) is 0 Å². The number of methoxy groups -OCH3 is 1. The summed E-state index contributed by atoms with van der Waals surface area (Å²) in [5.41, 5.74) is 8.59. The van der Waals surface area contributed by atoms with Crippen molar-refractivity contribution in [2.45, 2.75) is 13.1 Å². The maximum atomic E-state index is 7.53. The lowest BCUT2D eigenvalue weighted by atomic mass is 10.1. The zero-order chi connectivity index (χ0) is 15.2. The molecule has 0 bridgehead atoms. The van der Waals surface area contributed by atoms with Gasteiger partial charge in [-0.1, -0.05) is 36.4 Å². The van der Waals surface area contributed by atoms with E-state index in [1.54, 1.807) is 7.11 Å². The van der Waals surface area contributed by atoms with Gasteiger partial charge in [0.05, 0.1) is 12.7 Å². The zero-order valence-corrected chi connectivity index (χ0v) is 12.5. The number of benzene rings is 2. The van der Waals surface area contributed by atoms with E-state index in [9.17, 15) is 0 Å². The SMILES string of the molecule is COc1cc(CN(C)Cc2ccccc2)ccc1C(=N)N. The summed E-state index contributed by atoms with van der Waals surface area (Å²) < 4.78 is 5.31. The number of nitrogens with zero attached hydrogens (tertiary/aromatic N) is 1. The van der Waals surface area contributed by atoms with Crippen molar-refractivity contribution < 1.29 is 4.74 Å². The van der Waals surface area contributed by atoms with E-state index in [1.165, 1.54) is 5.56 Å². The third-order valence-corrected chi connectivity index (χ3v) is 3.30. The molecule has 0 saturated carbocycles. The first kappa shape index (κ1) is 15.1. The first-order valence-corrected chi connectivity index (χ1v) is 6.84. The second kappa shape index (κ2) is 6.90. The van der Waals surface area contributed by atoms with Gasteiger partial charge in [0.15, 0.2) is 0 Å². The van der Waals surface area contributed by atoms with E-state index in [0.717, 1.165) is 18.7 Å². The van der Waals surface area contributed by atoms with Crippen LogP contribution in [0.5, 0.6) is 5.75 Å². The van der Waals surface area contributed by atoms with E-state index in [1.807, 2.05) is 36.4 Å². The van der Waals surface area contributed by atoms with Crippen LogP contribution in [-0.4, -0.2) is 24.9 Å². The summed E-state index contributed by atoms with van der Waals surface area (Å²) in [4.78, 5) is 2.23. The number of rotatable bonds is 6. The molecule has 3 N–H and O–H groups in total. The minimum Gasteiger partial charge on any atom is -0.496 e. The van der Waals surface area contributed by atoms with Gasteiger partial charge in [-0.05, 0) is 30.3 Å². The van der Waals surface area contributed by atoms with E-state index in [2.05, 4.69) is 24.1 Å². The van der Waals surface area contributed by atoms with E-state index in [4.69, 9.17) is 15.9 Å². The molecule has 2 aromatic rings. The predicted molar refractivity (Wildman–Crippen MR) is 85.6 cm³/mol. The summed E-state index contributed by atoms with van der Waals surface area (Å²) in [5.74, 6) is 0.671. The van der Waals surface area contributed by atoms with Crippen LogP contribution < -0.4 is 10.5 Å². The second-order valence-corrected chi connectivity index (χ2v) is 5.11. The van der Waals surface area contributed by atoms with Gasteiger partial charge in [0, 0.05) is 13.1 Å². The maximum Gasteiger partial charge on any atom is 0.130 e. The van der Waals surface area contributed by atoms with E-state index < -0.39 is 0 Å². The van der Waals surface area contributed by atoms with Crippen LogP contribution in [0.15, 0.2) is 48.5 Å². The molecule has 2 rings (SSSR count). The van der Waals surface area contributed by atoms with Gasteiger partial charge in [0.25, 0.3) is 0 Å². The fourth-order valence-electron chi connectivity index (χ4n) is 2.32. The monoisotopic (exact) mass is 283 g/mol. The molecular weight excluding hydrogens is 262 g/mol. The van der Waals surface area contributed by atoms with Crippen LogP contribution in [0, 0.1) is 5.41 Å². The Bertz CT molecular complexity index is 611. The molecule has 0 unspecified atom stereocenters. The summed E-state index contributed by atoms with van der Waals surface area (Å²) in [6.07, 6.45) is 0. The molecule has 0 aromatic heterocycles. The molecule has 0 radical (unpaired) electrons. The van der Waals surface area contributed by atoms with Gasteiger partial charge >= 0.3 is 0 Å². The average Bonchev–Trinajstić information content (AvgIpc) is 2.47. The minimum atomic E-state index is 0.0241.